The van der Waals surface area contributed by atoms with E-state index in [-0.39, 0.29) is 18.9 Å². The maximum absolute atomic E-state index is 13.4. The summed E-state index contributed by atoms with van der Waals surface area (Å²) in [5.41, 5.74) is 0. The predicted octanol–water partition coefficient (Wildman–Crippen LogP) is 10.7. The maximum Gasteiger partial charge on any atom is 0.220 e. The largest absolute Gasteiger partial charge is 0.394 e. The molecule has 0 aliphatic carbocycles. The van der Waals surface area contributed by atoms with E-state index in [4.69, 9.17) is 28.4 Å². The van der Waals surface area contributed by atoms with Gasteiger partial charge in [0.05, 0.1) is 38.6 Å². The second-order valence-electron chi connectivity index (χ2n) is 25.3. The van der Waals surface area contributed by atoms with E-state index in [0.29, 0.717) is 19.3 Å². The molecule has 17 unspecified atom stereocenters. The van der Waals surface area contributed by atoms with Crippen molar-refractivity contribution >= 4 is 5.91 Å². The zero-order chi connectivity index (χ0) is 70.4. The normalized spacial score (nSPS) is 27.8. The van der Waals surface area contributed by atoms with Crippen molar-refractivity contribution in [1.29, 1.82) is 0 Å². The number of hydrogen-bond acceptors (Lipinski definition) is 18. The molecule has 1 amide bonds. The number of aliphatic hydroxyl groups excluding tert-OH is 11. The van der Waals surface area contributed by atoms with Crippen molar-refractivity contribution in [3.05, 3.63) is 146 Å². The van der Waals surface area contributed by atoms with Crippen LogP contribution < -0.4 is 5.32 Å². The number of carbonyl (C=O) groups excluding carboxylic acids is 1. The summed E-state index contributed by atoms with van der Waals surface area (Å²) in [6.45, 7) is 1.62. The van der Waals surface area contributed by atoms with Crippen LogP contribution in [0.5, 0.6) is 0 Å². The number of carbonyl (C=O) groups is 1. The molecular formula is C78H127NO18. The van der Waals surface area contributed by atoms with Crippen LogP contribution in [0.2, 0.25) is 0 Å². The molecule has 0 aromatic rings. The fourth-order valence-electron chi connectivity index (χ4n) is 11.3. The molecule has 12 N–H and O–H groups in total. The average molecular weight is 1370 g/mol. The summed E-state index contributed by atoms with van der Waals surface area (Å²) in [6, 6.07) is -0.921. The van der Waals surface area contributed by atoms with Crippen LogP contribution in [0.15, 0.2) is 146 Å². The molecule has 3 saturated heterocycles. The van der Waals surface area contributed by atoms with E-state index in [0.717, 1.165) is 109 Å². The van der Waals surface area contributed by atoms with Gasteiger partial charge < -0.3 is 89.9 Å². The molecule has 0 bridgehead atoms. The van der Waals surface area contributed by atoms with Crippen LogP contribution in [0.3, 0.4) is 0 Å². The minimum atomic E-state index is -1.98. The summed E-state index contributed by atoms with van der Waals surface area (Å²) in [5, 5.41) is 121. The zero-order valence-corrected chi connectivity index (χ0v) is 58.5. The van der Waals surface area contributed by atoms with Gasteiger partial charge in [0, 0.05) is 6.42 Å². The van der Waals surface area contributed by atoms with Gasteiger partial charge in [-0.25, -0.2) is 0 Å². The fraction of sp³-hybridized carbons (Fsp3) is 0.679. The quantitative estimate of drug-likeness (QED) is 0.0199. The van der Waals surface area contributed by atoms with Gasteiger partial charge in [0.15, 0.2) is 18.9 Å². The molecule has 0 aromatic carbocycles. The Bertz CT molecular complexity index is 2320. The van der Waals surface area contributed by atoms with E-state index >= 15 is 0 Å². The van der Waals surface area contributed by atoms with Crippen LogP contribution in [0.25, 0.3) is 0 Å². The Morgan fingerprint density at radius 1 is 0.381 bits per heavy atom. The first-order valence-corrected chi connectivity index (χ1v) is 36.6. The van der Waals surface area contributed by atoms with Gasteiger partial charge in [0.25, 0.3) is 0 Å². The molecule has 0 radical (unpaired) electrons. The van der Waals surface area contributed by atoms with Crippen LogP contribution in [0.1, 0.15) is 206 Å². The van der Waals surface area contributed by atoms with Gasteiger partial charge in [-0.15, -0.1) is 0 Å². The Morgan fingerprint density at radius 2 is 0.711 bits per heavy atom. The fourth-order valence-corrected chi connectivity index (χ4v) is 11.3. The predicted molar refractivity (Wildman–Crippen MR) is 382 cm³/mol. The molecule has 3 rings (SSSR count). The summed E-state index contributed by atoms with van der Waals surface area (Å²) in [4.78, 5) is 13.4. The second-order valence-corrected chi connectivity index (χ2v) is 25.3. The lowest BCUT2D eigenvalue weighted by atomic mass is 9.96. The molecule has 3 aliphatic heterocycles. The first-order valence-electron chi connectivity index (χ1n) is 36.6. The van der Waals surface area contributed by atoms with Crippen molar-refractivity contribution < 1.29 is 89.4 Å². The number of unbranched alkanes of at least 4 members (excludes halogenated alkanes) is 14. The highest BCUT2D eigenvalue weighted by atomic mass is 16.8. The van der Waals surface area contributed by atoms with Gasteiger partial charge in [0.2, 0.25) is 5.91 Å². The highest BCUT2D eigenvalue weighted by Gasteiger charge is 2.53. The zero-order valence-electron chi connectivity index (χ0n) is 58.5. The van der Waals surface area contributed by atoms with E-state index in [1.54, 1.807) is 0 Å². The van der Waals surface area contributed by atoms with Crippen LogP contribution in [0.4, 0.5) is 0 Å². The summed E-state index contributed by atoms with van der Waals surface area (Å²) in [6.07, 6.45) is 55.1. The summed E-state index contributed by atoms with van der Waals surface area (Å²) in [7, 11) is 0. The van der Waals surface area contributed by atoms with Crippen molar-refractivity contribution in [2.75, 3.05) is 26.4 Å². The van der Waals surface area contributed by atoms with E-state index in [1.165, 1.54) is 57.8 Å². The van der Waals surface area contributed by atoms with Crippen molar-refractivity contribution in [2.24, 2.45) is 0 Å². The SMILES string of the molecule is CC/C=C\C/C=C\C/C=C\C/C=C\C/C=C\C/C=C\C/C=C\C/C=C\C/C=C\C/C=C\C/C=C\C/C=C\CCCCC(=O)NC(COC1OC(CO)C(OC2OC(CO)C(OC3OC(CO)C(O)C(O)C3O)C(O)C2O)C(O)C1O)C(O)CCCCCCCCCCCCCCC. The number of hydrogen-bond donors (Lipinski definition) is 12. The molecular weight excluding hydrogens is 1240 g/mol. The van der Waals surface area contributed by atoms with Crippen molar-refractivity contribution in [2.45, 2.75) is 311 Å². The Morgan fingerprint density at radius 3 is 1.09 bits per heavy atom. The van der Waals surface area contributed by atoms with Crippen LogP contribution in [-0.2, 0) is 33.2 Å². The second kappa shape index (κ2) is 57.3. The molecule has 97 heavy (non-hydrogen) atoms. The van der Waals surface area contributed by atoms with E-state index in [9.17, 15) is 61.0 Å². The lowest BCUT2D eigenvalue weighted by Crippen LogP contribution is -2.66. The third-order valence-electron chi connectivity index (χ3n) is 17.2. The van der Waals surface area contributed by atoms with Gasteiger partial charge in [-0.05, 0) is 103 Å². The molecule has 0 saturated carbocycles. The van der Waals surface area contributed by atoms with Crippen molar-refractivity contribution in [3.8, 4) is 0 Å². The van der Waals surface area contributed by atoms with Gasteiger partial charge in [0.1, 0.15) is 73.2 Å². The Kier molecular flexibility index (Phi) is 51.3. The summed E-state index contributed by atoms with van der Waals surface area (Å²) in [5.74, 6) is -0.292. The third kappa shape index (κ3) is 38.3. The molecule has 3 heterocycles. The lowest BCUT2D eigenvalue weighted by molar-refractivity contribution is -0.379. The van der Waals surface area contributed by atoms with Crippen LogP contribution >= 0.6 is 0 Å². The minimum Gasteiger partial charge on any atom is -0.394 e. The third-order valence-corrected chi connectivity index (χ3v) is 17.2. The Hall–Kier alpha value is -4.33. The van der Waals surface area contributed by atoms with Gasteiger partial charge in [-0.2, -0.15) is 0 Å². The molecule has 0 aromatic heterocycles. The van der Waals surface area contributed by atoms with E-state index in [2.05, 4.69) is 165 Å². The number of ether oxygens (including phenoxy) is 6. The molecule has 552 valence electrons. The monoisotopic (exact) mass is 1370 g/mol. The highest BCUT2D eigenvalue weighted by molar-refractivity contribution is 5.76. The number of nitrogens with one attached hydrogen (secondary N) is 1. The number of rotatable bonds is 54. The van der Waals surface area contributed by atoms with E-state index < -0.39 is 124 Å². The maximum atomic E-state index is 13.4. The summed E-state index contributed by atoms with van der Waals surface area (Å²) < 4.78 is 34.3. The number of aliphatic hydroxyl groups is 11. The Labute approximate surface area is 581 Å². The molecule has 17 atom stereocenters. The first kappa shape index (κ1) is 86.9. The topological polar surface area (TPSA) is 307 Å². The Balaban J connectivity index is 1.37. The molecule has 3 aliphatic rings. The number of allylic oxidation sites excluding steroid dienone is 24. The van der Waals surface area contributed by atoms with Crippen LogP contribution in [0, 0.1) is 0 Å². The highest BCUT2D eigenvalue weighted by Crippen LogP contribution is 2.33. The molecule has 0 spiro atoms. The molecule has 19 heteroatoms. The van der Waals surface area contributed by atoms with Crippen molar-refractivity contribution in [3.63, 3.8) is 0 Å². The first-order chi connectivity index (χ1) is 47.3. The standard InChI is InChI=1S/C78H127NO18/c1-3-5-7-9-11-13-15-17-18-19-20-21-22-23-24-25-26-27-28-29-30-31-32-33-34-35-36-37-38-39-40-41-42-44-46-48-50-52-54-56-66(84)79-61(62(83)55-53-51-49-47-45-43-16-14-12-10-8-6-4-2)60-92-76-72(90)69(87)74(64(58-81)94-76)97-78-73(91)70(88)75(65(59-82)95-78)96-77-71(89)68(86)67(85)63(57-80)93-77/h5,7,11,13,17-18,20-21,23-24,26-27,29-30,32-33,35-36,38-39,41-42,46,48,61-65,67-78,80-83,85-91H,3-4,6,8-10,12,14-16,19,22,25,28,31,34,37,40,43-45,47,49-60H2,1-2H3,(H,79,84)/b7-5-,13-11-,18-17-,21-20-,24-23-,27-26-,30-29-,33-32-,36-35-,39-38-,42-41-,48-46-. The van der Waals surface area contributed by atoms with Gasteiger partial charge in [-0.1, -0.05) is 243 Å². The van der Waals surface area contributed by atoms with Crippen LogP contribution in [-0.4, -0.2) is 193 Å². The van der Waals surface area contributed by atoms with Gasteiger partial charge in [-0.3, -0.25) is 4.79 Å². The molecule has 19 nitrogen and oxygen atoms in total. The smallest absolute Gasteiger partial charge is 0.220 e. The van der Waals surface area contributed by atoms with Gasteiger partial charge >= 0.3 is 0 Å². The summed E-state index contributed by atoms with van der Waals surface area (Å²) >= 11 is 0. The number of amides is 1. The van der Waals surface area contributed by atoms with E-state index in [1.807, 2.05) is 0 Å². The minimum absolute atomic E-state index is 0.201. The van der Waals surface area contributed by atoms with Crippen molar-refractivity contribution in [1.82, 2.24) is 5.32 Å². The molecule has 3 fully saturated rings. The lowest BCUT2D eigenvalue weighted by Gasteiger charge is -2.48. The average Bonchev–Trinajstić information content (AvgIpc) is 0.809.